The van der Waals surface area contributed by atoms with Crippen LogP contribution >= 0.6 is 11.8 Å². The second kappa shape index (κ2) is 7.71. The predicted octanol–water partition coefficient (Wildman–Crippen LogP) is 3.39. The Morgan fingerprint density at radius 1 is 1.24 bits per heavy atom. The van der Waals surface area contributed by atoms with Gasteiger partial charge in [0.25, 0.3) is 0 Å². The molecule has 0 aliphatic carbocycles. The molecule has 8 heteroatoms. The molecule has 2 heterocycles. The van der Waals surface area contributed by atoms with Crippen LogP contribution in [0.5, 0.6) is 0 Å². The van der Waals surface area contributed by atoms with Gasteiger partial charge >= 0.3 is 0 Å². The fraction of sp³-hybridized carbons (Fsp3) is 0.235. The number of thioether (sulfide) groups is 1. The van der Waals surface area contributed by atoms with Gasteiger partial charge in [0.2, 0.25) is 0 Å². The Morgan fingerprint density at radius 2 is 2.08 bits per heavy atom. The summed E-state index contributed by atoms with van der Waals surface area (Å²) in [4.78, 5) is 12.9. The first-order valence-electron chi connectivity index (χ1n) is 7.63. The molecule has 2 N–H and O–H groups in total. The largest absolute Gasteiger partial charge is 0.394 e. The monoisotopic (exact) mass is 362 g/mol. The van der Waals surface area contributed by atoms with Crippen molar-refractivity contribution in [1.82, 2.24) is 15.0 Å². The van der Waals surface area contributed by atoms with E-state index in [-0.39, 0.29) is 24.0 Å². The summed E-state index contributed by atoms with van der Waals surface area (Å²) in [5, 5.41) is 13.6. The van der Waals surface area contributed by atoms with Gasteiger partial charge in [0.05, 0.1) is 18.3 Å². The molecule has 0 saturated heterocycles. The van der Waals surface area contributed by atoms with Crippen molar-refractivity contribution in [3.05, 3.63) is 53.9 Å². The van der Waals surface area contributed by atoms with Gasteiger partial charge < -0.3 is 10.4 Å². The molecule has 1 atom stereocenters. The Bertz CT molecular complexity index is 894. The van der Waals surface area contributed by atoms with Crippen LogP contribution in [0, 0.1) is 11.6 Å². The second-order valence-electron chi connectivity index (χ2n) is 5.48. The van der Waals surface area contributed by atoms with E-state index < -0.39 is 11.6 Å². The predicted molar refractivity (Wildman–Crippen MR) is 93.4 cm³/mol. The molecule has 0 aliphatic heterocycles. The van der Waals surface area contributed by atoms with E-state index in [1.165, 1.54) is 23.9 Å². The van der Waals surface area contributed by atoms with Crippen LogP contribution in [0.2, 0.25) is 0 Å². The molecule has 25 heavy (non-hydrogen) atoms. The summed E-state index contributed by atoms with van der Waals surface area (Å²) in [5.41, 5.74) is 0.880. The van der Waals surface area contributed by atoms with Gasteiger partial charge in [-0.05, 0) is 19.1 Å². The zero-order valence-corrected chi connectivity index (χ0v) is 14.2. The maximum Gasteiger partial charge on any atom is 0.190 e. The molecule has 0 aliphatic rings. The van der Waals surface area contributed by atoms with Crippen LogP contribution in [0.3, 0.4) is 0 Å². The zero-order valence-electron chi connectivity index (χ0n) is 13.4. The first kappa shape index (κ1) is 17.5. The number of aliphatic hydroxyl groups excluding tert-OH is 1. The molecule has 0 fully saturated rings. The van der Waals surface area contributed by atoms with Crippen LogP contribution < -0.4 is 5.32 Å². The Labute approximate surface area is 147 Å². The Morgan fingerprint density at radius 3 is 2.88 bits per heavy atom. The van der Waals surface area contributed by atoms with Gasteiger partial charge in [-0.25, -0.2) is 18.7 Å². The molecule has 5 nitrogen and oxygen atoms in total. The van der Waals surface area contributed by atoms with Crippen molar-refractivity contribution in [1.29, 1.82) is 0 Å². The molecule has 130 valence electrons. The highest BCUT2D eigenvalue weighted by Crippen LogP contribution is 2.27. The number of halogens is 2. The smallest absolute Gasteiger partial charge is 0.190 e. The number of nitrogens with one attached hydrogen (secondary N) is 1. The lowest BCUT2D eigenvalue weighted by atomic mass is 10.2. The third-order valence-electron chi connectivity index (χ3n) is 3.52. The minimum atomic E-state index is -0.874. The summed E-state index contributed by atoms with van der Waals surface area (Å²) in [7, 11) is 0. The van der Waals surface area contributed by atoms with Gasteiger partial charge in [-0.1, -0.05) is 23.9 Å². The molecule has 0 amide bonds. The SMILES string of the molecule is C[C@H](CO)Nc1nc(SCc2cccc(F)c2F)nc2cnccc12. The molecule has 2 aromatic heterocycles. The fourth-order valence-electron chi connectivity index (χ4n) is 2.22. The number of aromatic nitrogens is 3. The van der Waals surface area contributed by atoms with Gasteiger partial charge in [0.15, 0.2) is 16.8 Å². The lowest BCUT2D eigenvalue weighted by Gasteiger charge is -2.14. The number of nitrogens with zero attached hydrogens (tertiary/aromatic N) is 3. The average Bonchev–Trinajstić information content (AvgIpc) is 2.63. The summed E-state index contributed by atoms with van der Waals surface area (Å²) < 4.78 is 27.1. The second-order valence-corrected chi connectivity index (χ2v) is 6.42. The quantitative estimate of drug-likeness (QED) is 0.517. The first-order chi connectivity index (χ1) is 12.1. The molecule has 0 radical (unpaired) electrons. The van der Waals surface area contributed by atoms with Crippen LogP contribution in [-0.4, -0.2) is 32.7 Å². The number of benzene rings is 1. The van der Waals surface area contributed by atoms with Crippen molar-refractivity contribution in [2.24, 2.45) is 0 Å². The Hall–Kier alpha value is -2.32. The number of hydrogen-bond donors (Lipinski definition) is 2. The van der Waals surface area contributed by atoms with Crippen molar-refractivity contribution in [2.45, 2.75) is 23.9 Å². The van der Waals surface area contributed by atoms with Crippen LogP contribution in [-0.2, 0) is 5.75 Å². The van der Waals surface area contributed by atoms with Crippen LogP contribution in [0.25, 0.3) is 10.9 Å². The Balaban J connectivity index is 1.89. The number of hydrogen-bond acceptors (Lipinski definition) is 6. The van der Waals surface area contributed by atoms with E-state index in [1.54, 1.807) is 18.5 Å². The van der Waals surface area contributed by atoms with E-state index in [0.29, 0.717) is 16.5 Å². The normalized spacial score (nSPS) is 12.3. The standard InChI is InChI=1S/C17H16F2N4OS/c1-10(8-24)21-16-12-5-6-20-7-14(12)22-17(23-16)25-9-11-3-2-4-13(18)15(11)19/h2-7,10,24H,8-9H2,1H3,(H,21,22,23)/t10-/m1/s1. The van der Waals surface area contributed by atoms with E-state index >= 15 is 0 Å². The van der Waals surface area contributed by atoms with E-state index in [0.717, 1.165) is 11.5 Å². The highest BCUT2D eigenvalue weighted by molar-refractivity contribution is 7.98. The third-order valence-corrected chi connectivity index (χ3v) is 4.42. The molecule has 3 aromatic rings. The van der Waals surface area contributed by atoms with Gasteiger partial charge in [0.1, 0.15) is 5.82 Å². The first-order valence-corrected chi connectivity index (χ1v) is 8.62. The summed E-state index contributed by atoms with van der Waals surface area (Å²) in [6.45, 7) is 1.78. The van der Waals surface area contributed by atoms with Crippen molar-refractivity contribution < 1.29 is 13.9 Å². The van der Waals surface area contributed by atoms with Crippen molar-refractivity contribution >= 4 is 28.5 Å². The minimum Gasteiger partial charge on any atom is -0.394 e. The number of fused-ring (bicyclic) bond motifs is 1. The molecule has 3 rings (SSSR count). The summed E-state index contributed by atoms with van der Waals surface area (Å²) in [6, 6.07) is 5.67. The van der Waals surface area contributed by atoms with Crippen LogP contribution in [0.1, 0.15) is 12.5 Å². The highest BCUT2D eigenvalue weighted by Gasteiger charge is 2.13. The van der Waals surface area contributed by atoms with Gasteiger partial charge in [-0.15, -0.1) is 0 Å². The number of rotatable bonds is 6. The minimum absolute atomic E-state index is 0.0481. The Kier molecular flexibility index (Phi) is 5.40. The molecular weight excluding hydrogens is 346 g/mol. The maximum absolute atomic E-state index is 13.8. The van der Waals surface area contributed by atoms with Gasteiger partial charge in [0, 0.05) is 28.9 Å². The van der Waals surface area contributed by atoms with Gasteiger partial charge in [-0.2, -0.15) is 0 Å². The summed E-state index contributed by atoms with van der Waals surface area (Å²) >= 11 is 1.20. The van der Waals surface area contributed by atoms with E-state index in [1.807, 2.05) is 6.92 Å². The highest BCUT2D eigenvalue weighted by atomic mass is 32.2. The molecule has 1 aromatic carbocycles. The van der Waals surface area contributed by atoms with Crippen molar-refractivity contribution in [3.8, 4) is 0 Å². The maximum atomic E-state index is 13.8. The third kappa shape index (κ3) is 4.02. The molecule has 0 bridgehead atoms. The number of aliphatic hydroxyl groups is 1. The van der Waals surface area contributed by atoms with Gasteiger partial charge in [-0.3, -0.25) is 4.98 Å². The zero-order chi connectivity index (χ0) is 17.8. The lowest BCUT2D eigenvalue weighted by molar-refractivity contribution is 0.281. The fourth-order valence-corrected chi connectivity index (χ4v) is 3.04. The summed E-state index contributed by atoms with van der Waals surface area (Å²) in [6.07, 6.45) is 3.24. The lowest BCUT2D eigenvalue weighted by Crippen LogP contribution is -2.20. The average molecular weight is 362 g/mol. The van der Waals surface area contributed by atoms with E-state index in [9.17, 15) is 13.9 Å². The van der Waals surface area contributed by atoms with E-state index in [2.05, 4.69) is 20.3 Å². The van der Waals surface area contributed by atoms with Crippen molar-refractivity contribution in [2.75, 3.05) is 11.9 Å². The summed E-state index contributed by atoms with van der Waals surface area (Å²) in [5.74, 6) is -0.966. The van der Waals surface area contributed by atoms with Crippen LogP contribution in [0.4, 0.5) is 14.6 Å². The topological polar surface area (TPSA) is 70.9 Å². The molecule has 0 spiro atoms. The number of pyridine rings is 1. The molecule has 0 unspecified atom stereocenters. The molecule has 0 saturated carbocycles. The molecular formula is C17H16F2N4OS. The van der Waals surface area contributed by atoms with E-state index in [4.69, 9.17) is 0 Å². The van der Waals surface area contributed by atoms with Crippen molar-refractivity contribution in [3.63, 3.8) is 0 Å². The van der Waals surface area contributed by atoms with Crippen LogP contribution in [0.15, 0.2) is 41.8 Å². The number of anilines is 1.